The van der Waals surface area contributed by atoms with E-state index in [0.717, 1.165) is 23.9 Å². The van der Waals surface area contributed by atoms with Crippen LogP contribution in [0.4, 0.5) is 11.4 Å². The number of amides is 2. The Morgan fingerprint density at radius 2 is 1.88 bits per heavy atom. The van der Waals surface area contributed by atoms with E-state index < -0.39 is 4.92 Å². The van der Waals surface area contributed by atoms with Crippen molar-refractivity contribution in [1.82, 2.24) is 4.90 Å². The molecular formula is C25H24N4O5. The van der Waals surface area contributed by atoms with Crippen LogP contribution in [0.3, 0.4) is 0 Å². The van der Waals surface area contributed by atoms with Gasteiger partial charge in [-0.05, 0) is 30.7 Å². The molecule has 0 saturated heterocycles. The molecule has 3 aromatic carbocycles. The third kappa shape index (κ3) is 4.32. The van der Waals surface area contributed by atoms with Crippen LogP contribution >= 0.6 is 0 Å². The Kier molecular flexibility index (Phi) is 6.53. The van der Waals surface area contributed by atoms with Crippen molar-refractivity contribution in [2.75, 3.05) is 25.0 Å². The van der Waals surface area contributed by atoms with Crippen LogP contribution in [0, 0.1) is 10.1 Å². The van der Waals surface area contributed by atoms with Crippen molar-refractivity contribution in [2.24, 2.45) is 4.99 Å². The molecule has 9 heteroatoms. The second-order valence-electron chi connectivity index (χ2n) is 7.97. The van der Waals surface area contributed by atoms with Crippen LogP contribution in [0.15, 0.2) is 53.5 Å². The summed E-state index contributed by atoms with van der Waals surface area (Å²) in [7, 11) is 0. The summed E-state index contributed by atoms with van der Waals surface area (Å²) in [5, 5.41) is 25.5. The number of nitro groups is 1. The number of nitro benzene ring substituents is 1. The van der Waals surface area contributed by atoms with Crippen molar-refractivity contribution in [2.45, 2.75) is 19.8 Å². The van der Waals surface area contributed by atoms with Gasteiger partial charge in [0.15, 0.2) is 0 Å². The second-order valence-corrected chi connectivity index (χ2v) is 7.97. The standard InChI is InChI=1S/C25H24N4O5/c1-2-3-13-28-24(31)19-6-4-5-18-21(9-8-20(23(18)19)25(28)32)27-12-11-26-15-16-14-17(29(33)34)7-10-22(16)30/h4-10,14-15,27,30H,2-3,11-13H2,1H3. The van der Waals surface area contributed by atoms with E-state index >= 15 is 0 Å². The molecule has 0 aliphatic carbocycles. The molecule has 0 saturated carbocycles. The molecule has 0 spiro atoms. The molecular weight excluding hydrogens is 436 g/mol. The normalized spacial score (nSPS) is 13.1. The average molecular weight is 460 g/mol. The van der Waals surface area contributed by atoms with Crippen LogP contribution in [0.1, 0.15) is 46.0 Å². The molecule has 34 heavy (non-hydrogen) atoms. The number of carbonyl (C=O) groups is 2. The third-order valence-electron chi connectivity index (χ3n) is 5.74. The van der Waals surface area contributed by atoms with E-state index in [1.165, 1.54) is 29.3 Å². The van der Waals surface area contributed by atoms with Crippen LogP contribution in [0.5, 0.6) is 5.75 Å². The molecule has 2 amide bonds. The first-order valence-electron chi connectivity index (χ1n) is 11.1. The number of aliphatic imine (C=N–C) groups is 1. The van der Waals surface area contributed by atoms with Crippen molar-refractivity contribution in [3.63, 3.8) is 0 Å². The lowest BCUT2D eigenvalue weighted by Crippen LogP contribution is -2.40. The number of rotatable bonds is 9. The number of carbonyl (C=O) groups excluding carboxylic acids is 2. The Morgan fingerprint density at radius 3 is 2.62 bits per heavy atom. The maximum atomic E-state index is 13.0. The fourth-order valence-electron chi connectivity index (χ4n) is 4.00. The van der Waals surface area contributed by atoms with Gasteiger partial charge in [0.2, 0.25) is 0 Å². The number of non-ortho nitro benzene ring substituents is 1. The van der Waals surface area contributed by atoms with E-state index in [2.05, 4.69) is 10.3 Å². The first kappa shape index (κ1) is 22.9. The van der Waals surface area contributed by atoms with Crippen molar-refractivity contribution in [3.8, 4) is 5.75 Å². The number of benzene rings is 3. The number of imide groups is 1. The molecule has 0 aromatic heterocycles. The molecule has 1 aliphatic heterocycles. The van der Waals surface area contributed by atoms with Gasteiger partial charge in [-0.15, -0.1) is 0 Å². The molecule has 4 rings (SSSR count). The highest BCUT2D eigenvalue weighted by molar-refractivity contribution is 6.26. The van der Waals surface area contributed by atoms with Crippen LogP contribution in [-0.4, -0.2) is 52.6 Å². The van der Waals surface area contributed by atoms with Crippen LogP contribution in [0.25, 0.3) is 10.8 Å². The van der Waals surface area contributed by atoms with Crippen LogP contribution in [-0.2, 0) is 0 Å². The average Bonchev–Trinajstić information content (AvgIpc) is 2.83. The number of hydrogen-bond acceptors (Lipinski definition) is 7. The zero-order valence-electron chi connectivity index (χ0n) is 18.7. The zero-order chi connectivity index (χ0) is 24.2. The molecule has 3 aromatic rings. The molecule has 9 nitrogen and oxygen atoms in total. The van der Waals surface area contributed by atoms with E-state index in [9.17, 15) is 24.8 Å². The summed E-state index contributed by atoms with van der Waals surface area (Å²) in [5.74, 6) is -0.627. The van der Waals surface area contributed by atoms with E-state index in [0.29, 0.717) is 36.1 Å². The third-order valence-corrected chi connectivity index (χ3v) is 5.74. The highest BCUT2D eigenvalue weighted by atomic mass is 16.6. The summed E-state index contributed by atoms with van der Waals surface area (Å²) in [4.78, 5) is 41.9. The van der Waals surface area contributed by atoms with Gasteiger partial charge in [0.25, 0.3) is 17.5 Å². The topological polar surface area (TPSA) is 125 Å². The van der Waals surface area contributed by atoms with E-state index in [1.807, 2.05) is 25.1 Å². The lowest BCUT2D eigenvalue weighted by molar-refractivity contribution is -0.384. The first-order valence-corrected chi connectivity index (χ1v) is 11.1. The van der Waals surface area contributed by atoms with Gasteiger partial charge in [-0.2, -0.15) is 0 Å². The monoisotopic (exact) mass is 460 g/mol. The van der Waals surface area contributed by atoms with Gasteiger partial charge in [0, 0.05) is 64.6 Å². The molecule has 2 N–H and O–H groups in total. The number of nitrogens with one attached hydrogen (secondary N) is 1. The SMILES string of the molecule is CCCCN1C(=O)c2cccc3c(NCCN=Cc4cc([N+](=O)[O-])ccc4O)ccc(c23)C1=O. The fraction of sp³-hybridized carbons (Fsp3) is 0.240. The van der Waals surface area contributed by atoms with Gasteiger partial charge >= 0.3 is 0 Å². The highest BCUT2D eigenvalue weighted by Gasteiger charge is 2.32. The fourth-order valence-corrected chi connectivity index (χ4v) is 4.00. The largest absolute Gasteiger partial charge is 0.507 e. The van der Waals surface area contributed by atoms with Gasteiger partial charge in [-0.25, -0.2) is 0 Å². The lowest BCUT2D eigenvalue weighted by atomic mass is 9.93. The van der Waals surface area contributed by atoms with Gasteiger partial charge in [0.1, 0.15) is 5.75 Å². The van der Waals surface area contributed by atoms with Crippen LogP contribution < -0.4 is 5.32 Å². The Labute approximate surface area is 195 Å². The van der Waals surface area contributed by atoms with Gasteiger partial charge in [-0.1, -0.05) is 25.5 Å². The van der Waals surface area contributed by atoms with Crippen molar-refractivity contribution in [1.29, 1.82) is 0 Å². The van der Waals surface area contributed by atoms with E-state index in [4.69, 9.17) is 0 Å². The number of anilines is 1. The number of phenols is 1. The molecule has 1 heterocycles. The van der Waals surface area contributed by atoms with Gasteiger partial charge in [0.05, 0.1) is 11.5 Å². The number of unbranched alkanes of at least 4 members (excludes halogenated alkanes) is 1. The Bertz CT molecular complexity index is 1300. The minimum atomic E-state index is -0.533. The lowest BCUT2D eigenvalue weighted by Gasteiger charge is -2.27. The smallest absolute Gasteiger partial charge is 0.270 e. The minimum Gasteiger partial charge on any atom is -0.507 e. The molecule has 0 fully saturated rings. The number of phenolic OH excluding ortho intramolecular Hbond substituents is 1. The number of nitrogens with zero attached hydrogens (tertiary/aromatic N) is 3. The Hall–Kier alpha value is -4.27. The van der Waals surface area contributed by atoms with Crippen molar-refractivity contribution >= 4 is 40.2 Å². The molecule has 0 atom stereocenters. The second kappa shape index (κ2) is 9.70. The summed E-state index contributed by atoms with van der Waals surface area (Å²) in [5.41, 5.74) is 1.95. The van der Waals surface area contributed by atoms with Gasteiger partial charge < -0.3 is 10.4 Å². The summed E-state index contributed by atoms with van der Waals surface area (Å²) in [6.07, 6.45) is 3.04. The molecule has 0 bridgehead atoms. The maximum absolute atomic E-state index is 13.0. The van der Waals surface area contributed by atoms with Gasteiger partial charge in [-0.3, -0.25) is 29.6 Å². The Balaban J connectivity index is 1.50. The predicted octanol–water partition coefficient (Wildman–Crippen LogP) is 4.38. The minimum absolute atomic E-state index is 0.0896. The number of hydrogen-bond donors (Lipinski definition) is 2. The summed E-state index contributed by atoms with van der Waals surface area (Å²) in [6, 6.07) is 12.7. The van der Waals surface area contributed by atoms with Crippen molar-refractivity contribution in [3.05, 3.63) is 75.3 Å². The predicted molar refractivity (Wildman–Crippen MR) is 130 cm³/mol. The highest BCUT2D eigenvalue weighted by Crippen LogP contribution is 2.34. The summed E-state index contributed by atoms with van der Waals surface area (Å²) in [6.45, 7) is 3.20. The Morgan fingerprint density at radius 1 is 1.12 bits per heavy atom. The maximum Gasteiger partial charge on any atom is 0.270 e. The van der Waals surface area contributed by atoms with Crippen molar-refractivity contribution < 1.29 is 19.6 Å². The van der Waals surface area contributed by atoms with E-state index in [1.54, 1.807) is 12.1 Å². The molecule has 174 valence electrons. The molecule has 0 unspecified atom stereocenters. The number of aromatic hydroxyl groups is 1. The zero-order valence-corrected chi connectivity index (χ0v) is 18.7. The molecule has 0 radical (unpaired) electrons. The summed E-state index contributed by atoms with van der Waals surface area (Å²) >= 11 is 0. The van der Waals surface area contributed by atoms with E-state index in [-0.39, 0.29) is 28.8 Å². The first-order chi connectivity index (χ1) is 16.4. The summed E-state index contributed by atoms with van der Waals surface area (Å²) < 4.78 is 0. The van der Waals surface area contributed by atoms with Crippen LogP contribution in [0.2, 0.25) is 0 Å². The quantitative estimate of drug-likeness (QED) is 0.160. The molecule has 1 aliphatic rings.